The van der Waals surface area contributed by atoms with Crippen molar-refractivity contribution >= 4 is 23.4 Å². The maximum Gasteiger partial charge on any atom is 0.234 e. The second-order valence-electron chi connectivity index (χ2n) is 5.40. The first-order chi connectivity index (χ1) is 12.7. The lowest BCUT2D eigenvalue weighted by atomic mass is 10.2. The van der Waals surface area contributed by atoms with Gasteiger partial charge in [-0.1, -0.05) is 18.2 Å². The van der Waals surface area contributed by atoms with Crippen LogP contribution in [-0.2, 0) is 10.5 Å². The summed E-state index contributed by atoms with van der Waals surface area (Å²) >= 11 is 1.41. The average molecular weight is 372 g/mol. The molecule has 5 nitrogen and oxygen atoms in total. The third-order valence-corrected chi connectivity index (χ3v) is 4.46. The number of hydrogen-bond donors (Lipinski definition) is 1. The second kappa shape index (κ2) is 8.53. The normalized spacial score (nSPS) is 10.5. The van der Waals surface area contributed by atoms with E-state index in [1.165, 1.54) is 37.1 Å². The molecule has 3 rings (SSSR count). The van der Waals surface area contributed by atoms with Crippen LogP contribution in [0.25, 0.3) is 11.5 Å². The SMILES string of the molecule is COc1cc(F)ccc1NC(=O)CSCc1coc(-c2ccccc2)n1. The maximum absolute atomic E-state index is 13.2. The van der Waals surface area contributed by atoms with Crippen LogP contribution in [0, 0.1) is 5.82 Å². The monoisotopic (exact) mass is 372 g/mol. The van der Waals surface area contributed by atoms with Gasteiger partial charge in [-0.2, -0.15) is 0 Å². The first kappa shape index (κ1) is 18.0. The minimum absolute atomic E-state index is 0.202. The highest BCUT2D eigenvalue weighted by molar-refractivity contribution is 7.99. The Labute approximate surface area is 154 Å². The van der Waals surface area contributed by atoms with Crippen molar-refractivity contribution in [3.05, 3.63) is 66.3 Å². The highest BCUT2D eigenvalue weighted by Gasteiger charge is 2.10. The van der Waals surface area contributed by atoms with Crippen molar-refractivity contribution in [2.24, 2.45) is 0 Å². The molecule has 0 spiro atoms. The van der Waals surface area contributed by atoms with Gasteiger partial charge in [0.2, 0.25) is 11.8 Å². The van der Waals surface area contributed by atoms with E-state index >= 15 is 0 Å². The van der Waals surface area contributed by atoms with Crippen LogP contribution in [0.1, 0.15) is 5.69 Å². The number of hydrogen-bond acceptors (Lipinski definition) is 5. The van der Waals surface area contributed by atoms with Crippen molar-refractivity contribution in [2.45, 2.75) is 5.75 Å². The summed E-state index contributed by atoms with van der Waals surface area (Å²) < 4.78 is 23.7. The van der Waals surface area contributed by atoms with Crippen molar-refractivity contribution in [3.63, 3.8) is 0 Å². The lowest BCUT2D eigenvalue weighted by Crippen LogP contribution is -2.15. The lowest BCUT2D eigenvalue weighted by Gasteiger charge is -2.09. The Hall–Kier alpha value is -2.80. The number of anilines is 1. The summed E-state index contributed by atoms with van der Waals surface area (Å²) in [6.45, 7) is 0. The molecule has 0 atom stereocenters. The Kier molecular flexibility index (Phi) is 5.91. The molecular weight excluding hydrogens is 355 g/mol. The summed E-state index contributed by atoms with van der Waals surface area (Å²) in [6, 6.07) is 13.6. The summed E-state index contributed by atoms with van der Waals surface area (Å²) in [4.78, 5) is 16.5. The summed E-state index contributed by atoms with van der Waals surface area (Å²) in [5.41, 5.74) is 2.11. The molecule has 1 amide bonds. The average Bonchev–Trinajstić information content (AvgIpc) is 3.13. The van der Waals surface area contributed by atoms with E-state index in [2.05, 4.69) is 10.3 Å². The van der Waals surface area contributed by atoms with Crippen molar-refractivity contribution < 1.29 is 18.3 Å². The van der Waals surface area contributed by atoms with Crippen molar-refractivity contribution in [3.8, 4) is 17.2 Å². The van der Waals surface area contributed by atoms with Gasteiger partial charge in [0.25, 0.3) is 0 Å². The maximum atomic E-state index is 13.2. The molecule has 26 heavy (non-hydrogen) atoms. The molecule has 0 fully saturated rings. The summed E-state index contributed by atoms with van der Waals surface area (Å²) in [5.74, 6) is 0.994. The molecule has 0 bridgehead atoms. The number of nitrogens with zero attached hydrogens (tertiary/aromatic N) is 1. The number of carbonyl (C=O) groups excluding carboxylic acids is 1. The van der Waals surface area contributed by atoms with Crippen LogP contribution in [0.4, 0.5) is 10.1 Å². The van der Waals surface area contributed by atoms with Gasteiger partial charge >= 0.3 is 0 Å². The van der Waals surface area contributed by atoms with Crippen molar-refractivity contribution in [1.29, 1.82) is 0 Å². The fourth-order valence-electron chi connectivity index (χ4n) is 2.29. The fraction of sp³-hybridized carbons (Fsp3) is 0.158. The number of oxazole rings is 1. The molecule has 0 radical (unpaired) electrons. The van der Waals surface area contributed by atoms with E-state index in [0.29, 0.717) is 17.3 Å². The largest absolute Gasteiger partial charge is 0.494 e. The predicted octanol–water partition coefficient (Wildman–Crippen LogP) is 4.36. The Bertz CT molecular complexity index is 884. The molecule has 1 heterocycles. The number of methoxy groups -OCH3 is 1. The van der Waals surface area contributed by atoms with Crippen molar-refractivity contribution in [2.75, 3.05) is 18.2 Å². The molecule has 1 N–H and O–H groups in total. The first-order valence-corrected chi connectivity index (χ1v) is 9.02. The van der Waals surface area contributed by atoms with Crippen LogP contribution >= 0.6 is 11.8 Å². The smallest absolute Gasteiger partial charge is 0.234 e. The number of nitrogens with one attached hydrogen (secondary N) is 1. The molecule has 3 aromatic rings. The van der Waals surface area contributed by atoms with E-state index in [1.807, 2.05) is 30.3 Å². The molecule has 0 saturated heterocycles. The Morgan fingerprint density at radius 2 is 2.08 bits per heavy atom. The quantitative estimate of drug-likeness (QED) is 0.667. The van der Waals surface area contributed by atoms with E-state index in [1.54, 1.807) is 6.26 Å². The summed E-state index contributed by atoms with van der Waals surface area (Å²) in [6.07, 6.45) is 1.59. The zero-order valence-corrected chi connectivity index (χ0v) is 14.9. The van der Waals surface area contributed by atoms with E-state index in [4.69, 9.17) is 9.15 Å². The molecule has 7 heteroatoms. The molecule has 1 aromatic heterocycles. The highest BCUT2D eigenvalue weighted by Crippen LogP contribution is 2.25. The Balaban J connectivity index is 1.51. The number of thioether (sulfide) groups is 1. The standard InChI is InChI=1S/C19H17FN2O3S/c1-24-17-9-14(20)7-8-16(17)22-18(23)12-26-11-15-10-25-19(21-15)13-5-3-2-4-6-13/h2-10H,11-12H2,1H3,(H,22,23). The zero-order chi connectivity index (χ0) is 18.4. The van der Waals surface area contributed by atoms with Gasteiger partial charge < -0.3 is 14.5 Å². The van der Waals surface area contributed by atoms with Gasteiger partial charge in [-0.25, -0.2) is 9.37 Å². The van der Waals surface area contributed by atoms with Crippen LogP contribution in [0.3, 0.4) is 0 Å². The van der Waals surface area contributed by atoms with E-state index < -0.39 is 5.82 Å². The van der Waals surface area contributed by atoms with E-state index in [9.17, 15) is 9.18 Å². The minimum Gasteiger partial charge on any atom is -0.494 e. The number of amides is 1. The van der Waals surface area contributed by atoms with Crippen molar-refractivity contribution in [1.82, 2.24) is 4.98 Å². The first-order valence-electron chi connectivity index (χ1n) is 7.86. The van der Waals surface area contributed by atoms with Crippen LogP contribution in [0.5, 0.6) is 5.75 Å². The zero-order valence-electron chi connectivity index (χ0n) is 14.1. The molecular formula is C19H17FN2O3S. The number of aromatic nitrogens is 1. The van der Waals surface area contributed by atoms with Gasteiger partial charge in [-0.15, -0.1) is 11.8 Å². The van der Waals surface area contributed by atoms with Crippen LogP contribution in [-0.4, -0.2) is 23.8 Å². The molecule has 134 valence electrons. The number of rotatable bonds is 7. The topological polar surface area (TPSA) is 64.4 Å². The van der Waals surface area contributed by atoms with Gasteiger partial charge in [-0.3, -0.25) is 4.79 Å². The second-order valence-corrected chi connectivity index (χ2v) is 6.38. The Morgan fingerprint density at radius 3 is 2.85 bits per heavy atom. The van der Waals surface area contributed by atoms with Gasteiger partial charge in [0, 0.05) is 17.4 Å². The van der Waals surface area contributed by atoms with Gasteiger partial charge in [0.05, 0.1) is 24.2 Å². The molecule has 0 aliphatic carbocycles. The van der Waals surface area contributed by atoms with Gasteiger partial charge in [-0.05, 0) is 24.3 Å². The van der Waals surface area contributed by atoms with Crippen LogP contribution in [0.15, 0.2) is 59.2 Å². The summed E-state index contributed by atoms with van der Waals surface area (Å²) in [5, 5.41) is 2.71. The van der Waals surface area contributed by atoms with E-state index in [-0.39, 0.29) is 17.4 Å². The molecule has 0 unspecified atom stereocenters. The van der Waals surface area contributed by atoms with E-state index in [0.717, 1.165) is 11.3 Å². The van der Waals surface area contributed by atoms with Crippen LogP contribution < -0.4 is 10.1 Å². The van der Waals surface area contributed by atoms with Gasteiger partial charge in [0.1, 0.15) is 17.8 Å². The molecule has 0 saturated carbocycles. The number of ether oxygens (including phenoxy) is 1. The third kappa shape index (κ3) is 4.64. The summed E-state index contributed by atoms with van der Waals surface area (Å²) in [7, 11) is 1.42. The molecule has 2 aromatic carbocycles. The fourth-order valence-corrected chi connectivity index (χ4v) is 2.99. The highest BCUT2D eigenvalue weighted by atomic mass is 32.2. The lowest BCUT2D eigenvalue weighted by molar-refractivity contribution is -0.113. The van der Waals surface area contributed by atoms with Gasteiger partial charge in [0.15, 0.2) is 0 Å². The van der Waals surface area contributed by atoms with Crippen LogP contribution in [0.2, 0.25) is 0 Å². The number of benzene rings is 2. The minimum atomic E-state index is -0.422. The number of halogens is 1. The third-order valence-electron chi connectivity index (χ3n) is 3.49. The Morgan fingerprint density at radius 1 is 1.27 bits per heavy atom. The predicted molar refractivity (Wildman–Crippen MR) is 99.7 cm³/mol. The molecule has 0 aliphatic heterocycles. The molecule has 0 aliphatic rings. The number of carbonyl (C=O) groups is 1.